The number of alkyl halides is 3. The second-order valence-electron chi connectivity index (χ2n) is 9.70. The van der Waals surface area contributed by atoms with E-state index in [9.17, 15) is 13.2 Å². The fourth-order valence-corrected chi connectivity index (χ4v) is 4.91. The number of aromatic nitrogens is 1. The minimum Gasteiger partial charge on any atom is -0.741 e. The van der Waals surface area contributed by atoms with Crippen LogP contribution in [0.25, 0.3) is 50.5 Å². The van der Waals surface area contributed by atoms with E-state index in [1.54, 1.807) is 0 Å². The molecule has 0 unspecified atom stereocenters. The number of hydrogen-bond acceptors (Lipinski definition) is 3. The van der Waals surface area contributed by atoms with Crippen LogP contribution in [0, 0.1) is 0 Å². The van der Waals surface area contributed by atoms with Gasteiger partial charge in [0.1, 0.15) is 0 Å². The van der Waals surface area contributed by atoms with Crippen LogP contribution in [0.2, 0.25) is 0 Å². The summed E-state index contributed by atoms with van der Waals surface area (Å²) in [5.74, 6) is 0. The molecule has 0 fully saturated rings. The van der Waals surface area contributed by atoms with Gasteiger partial charge in [0, 0.05) is 34.9 Å². The normalized spacial score (nSPS) is 11.4. The fraction of sp³-hybridized carbons (Fsp3) is 0.0278. The maximum atomic E-state index is 10.7. The second kappa shape index (κ2) is 13.1. The summed E-state index contributed by atoms with van der Waals surface area (Å²) in [6, 6.07) is 55.9. The molecule has 0 atom stereocenters. The highest BCUT2D eigenvalue weighted by atomic mass is 32.2. The molecule has 6 rings (SSSR count). The van der Waals surface area contributed by atoms with Crippen LogP contribution in [0.3, 0.4) is 0 Å². The zero-order chi connectivity index (χ0) is 31.2. The van der Waals surface area contributed by atoms with E-state index >= 15 is 0 Å². The van der Waals surface area contributed by atoms with Gasteiger partial charge in [-0.1, -0.05) is 115 Å². The molecule has 6 aromatic rings. The molecular formula is C36H26F3NO3S. The summed E-state index contributed by atoms with van der Waals surface area (Å²) in [5.41, 5.74) is 4.99. The standard InChI is InChI=1S/C35H26N.CHF3O3S/c1-6-16-27(17-7-1)32-26-33(28-18-8-2-9-19-28)36(31-24-14-5-15-25-31)35(30-22-12-4-13-23-30)34(32)29-20-10-3-11-21-29;2-1(3,4)8(5,6)7/h1-26H;(H,5,6,7)/q+1;/p-1. The number of rotatable bonds is 5. The first-order chi connectivity index (χ1) is 21.1. The van der Waals surface area contributed by atoms with Crippen molar-refractivity contribution < 1.29 is 30.7 Å². The molecule has 8 heteroatoms. The maximum absolute atomic E-state index is 10.7. The monoisotopic (exact) mass is 609 g/mol. The van der Waals surface area contributed by atoms with Crippen LogP contribution in [0.15, 0.2) is 158 Å². The van der Waals surface area contributed by atoms with Crippen LogP contribution >= 0.6 is 0 Å². The lowest BCUT2D eigenvalue weighted by molar-refractivity contribution is -0.571. The zero-order valence-corrected chi connectivity index (χ0v) is 24.0. The van der Waals surface area contributed by atoms with Crippen molar-refractivity contribution in [1.29, 1.82) is 0 Å². The van der Waals surface area contributed by atoms with Crippen molar-refractivity contribution in [3.63, 3.8) is 0 Å². The molecule has 0 aliphatic heterocycles. The van der Waals surface area contributed by atoms with Crippen molar-refractivity contribution in [2.75, 3.05) is 0 Å². The Kier molecular flexibility index (Phi) is 9.04. The van der Waals surface area contributed by atoms with E-state index in [1.165, 1.54) is 39.1 Å². The highest BCUT2D eigenvalue weighted by Gasteiger charge is 2.37. The summed E-state index contributed by atoms with van der Waals surface area (Å²) in [6.45, 7) is 0. The Bertz CT molecular complexity index is 1830. The van der Waals surface area contributed by atoms with Crippen LogP contribution in [0.5, 0.6) is 0 Å². The van der Waals surface area contributed by atoms with Gasteiger partial charge in [0.05, 0.1) is 5.56 Å². The lowest BCUT2D eigenvalue weighted by Crippen LogP contribution is -2.37. The van der Waals surface area contributed by atoms with Gasteiger partial charge in [-0.2, -0.15) is 17.7 Å². The lowest BCUT2D eigenvalue weighted by atomic mass is 9.88. The van der Waals surface area contributed by atoms with E-state index in [4.69, 9.17) is 13.0 Å². The molecule has 0 aliphatic carbocycles. The molecule has 0 saturated heterocycles. The molecular weight excluding hydrogens is 583 g/mol. The van der Waals surface area contributed by atoms with Gasteiger partial charge in [-0.15, -0.1) is 0 Å². The molecule has 0 spiro atoms. The van der Waals surface area contributed by atoms with Crippen LogP contribution in [0.1, 0.15) is 0 Å². The smallest absolute Gasteiger partial charge is 0.485 e. The summed E-state index contributed by atoms with van der Waals surface area (Å²) in [7, 11) is -6.09. The largest absolute Gasteiger partial charge is 0.741 e. The SMILES string of the molecule is O=S(=O)([O-])C(F)(F)F.c1ccc(-c2cc(-c3ccccc3)[n+](-c3ccccc3)c(-c3ccccc3)c2-c2ccccc2)cc1. The van der Waals surface area contributed by atoms with Crippen molar-refractivity contribution >= 4 is 10.1 Å². The number of pyridine rings is 1. The van der Waals surface area contributed by atoms with Gasteiger partial charge in [-0.25, -0.2) is 8.42 Å². The number of hydrogen-bond donors (Lipinski definition) is 0. The molecule has 44 heavy (non-hydrogen) atoms. The predicted molar refractivity (Wildman–Crippen MR) is 165 cm³/mol. The molecule has 220 valence electrons. The van der Waals surface area contributed by atoms with Crippen molar-refractivity contribution in [2.24, 2.45) is 0 Å². The average Bonchev–Trinajstić information content (AvgIpc) is 3.05. The van der Waals surface area contributed by atoms with Gasteiger partial charge in [-0.05, 0) is 35.4 Å². The second-order valence-corrected chi connectivity index (χ2v) is 11.1. The number of halogens is 3. The van der Waals surface area contributed by atoms with E-state index < -0.39 is 15.6 Å². The number of benzene rings is 5. The van der Waals surface area contributed by atoms with Crippen molar-refractivity contribution in [3.05, 3.63) is 158 Å². The molecule has 0 N–H and O–H groups in total. The van der Waals surface area contributed by atoms with Gasteiger partial charge >= 0.3 is 5.51 Å². The highest BCUT2D eigenvalue weighted by molar-refractivity contribution is 7.86. The molecule has 0 radical (unpaired) electrons. The molecule has 0 aliphatic rings. The minimum absolute atomic E-state index is 1.13. The first-order valence-corrected chi connectivity index (χ1v) is 15.0. The first-order valence-electron chi connectivity index (χ1n) is 13.6. The lowest BCUT2D eigenvalue weighted by Gasteiger charge is -2.18. The van der Waals surface area contributed by atoms with E-state index in [0.29, 0.717) is 0 Å². The van der Waals surface area contributed by atoms with Gasteiger partial charge in [-0.3, -0.25) is 0 Å². The van der Waals surface area contributed by atoms with E-state index in [-0.39, 0.29) is 0 Å². The molecule has 0 saturated carbocycles. The van der Waals surface area contributed by atoms with Gasteiger partial charge in [0.15, 0.2) is 10.1 Å². The first kappa shape index (κ1) is 30.4. The molecule has 0 amide bonds. The third kappa shape index (κ3) is 6.78. The van der Waals surface area contributed by atoms with E-state index in [0.717, 1.165) is 11.4 Å². The van der Waals surface area contributed by atoms with Crippen molar-refractivity contribution in [1.82, 2.24) is 0 Å². The molecule has 5 aromatic carbocycles. The van der Waals surface area contributed by atoms with Crippen molar-refractivity contribution in [2.45, 2.75) is 5.51 Å². The van der Waals surface area contributed by atoms with Crippen LogP contribution in [-0.4, -0.2) is 18.5 Å². The number of para-hydroxylation sites is 1. The van der Waals surface area contributed by atoms with Crippen LogP contribution in [0.4, 0.5) is 13.2 Å². The Morgan fingerprint density at radius 1 is 0.523 bits per heavy atom. The topological polar surface area (TPSA) is 61.1 Å². The van der Waals surface area contributed by atoms with Crippen LogP contribution in [-0.2, 0) is 10.1 Å². The Balaban J connectivity index is 0.000000426. The van der Waals surface area contributed by atoms with E-state index in [2.05, 4.69) is 162 Å². The Morgan fingerprint density at radius 2 is 0.886 bits per heavy atom. The van der Waals surface area contributed by atoms with Crippen LogP contribution < -0.4 is 4.57 Å². The molecule has 4 nitrogen and oxygen atoms in total. The van der Waals surface area contributed by atoms with Gasteiger partial charge in [0.2, 0.25) is 17.1 Å². The highest BCUT2D eigenvalue weighted by Crippen LogP contribution is 2.41. The third-order valence-corrected chi connectivity index (χ3v) is 7.38. The Labute approximate surface area is 254 Å². The molecule has 0 bridgehead atoms. The molecule has 1 aromatic heterocycles. The summed E-state index contributed by atoms with van der Waals surface area (Å²) in [6.07, 6.45) is 0. The third-order valence-electron chi connectivity index (χ3n) is 6.81. The average molecular weight is 610 g/mol. The minimum atomic E-state index is -6.09. The van der Waals surface area contributed by atoms with Gasteiger partial charge < -0.3 is 4.55 Å². The summed E-state index contributed by atoms with van der Waals surface area (Å²) in [4.78, 5) is 0. The summed E-state index contributed by atoms with van der Waals surface area (Å²) in [5, 5.41) is 0. The summed E-state index contributed by atoms with van der Waals surface area (Å²) >= 11 is 0. The predicted octanol–water partition coefficient (Wildman–Crippen LogP) is 8.68. The fourth-order valence-electron chi connectivity index (χ4n) is 4.91. The van der Waals surface area contributed by atoms with E-state index in [1.807, 2.05) is 0 Å². The van der Waals surface area contributed by atoms with Crippen molar-refractivity contribution in [3.8, 4) is 50.5 Å². The Morgan fingerprint density at radius 3 is 1.32 bits per heavy atom. The zero-order valence-electron chi connectivity index (χ0n) is 23.2. The number of nitrogens with zero attached hydrogens (tertiary/aromatic N) is 1. The van der Waals surface area contributed by atoms with Gasteiger partial charge in [0.25, 0.3) is 0 Å². The quantitative estimate of drug-likeness (QED) is 0.112. The Hall–Kier alpha value is -5.05. The molecule has 1 heterocycles. The summed E-state index contributed by atoms with van der Waals surface area (Å²) < 4.78 is 61.3. The maximum Gasteiger partial charge on any atom is 0.485 e.